The lowest BCUT2D eigenvalue weighted by Crippen LogP contribution is -1.88. The molecule has 0 spiro atoms. The molecular formula is C24H54O6P2. The van der Waals surface area contributed by atoms with Crippen LogP contribution in [0.25, 0.3) is 0 Å². The maximum Gasteiger partial charge on any atom is 0.325 e. The molecule has 0 aliphatic heterocycles. The molecule has 0 radical (unpaired) electrons. The average Bonchev–Trinajstić information content (AvgIpc) is 2.70. The topological polar surface area (TPSA) is 115 Å². The number of hydrogen-bond acceptors (Lipinski definition) is 2. The summed E-state index contributed by atoms with van der Waals surface area (Å²) in [6.45, 7) is 4.45. The highest BCUT2D eigenvalue weighted by Gasteiger charge is 2.11. The molecule has 0 aliphatic rings. The Labute approximate surface area is 198 Å². The Balaban J connectivity index is 0. The molecule has 0 aliphatic carbocycles. The molecule has 0 rings (SSSR count). The quantitative estimate of drug-likeness (QED) is 0.0880. The molecule has 0 amide bonds. The second-order valence-corrected chi connectivity index (χ2v) is 12.7. The van der Waals surface area contributed by atoms with Crippen LogP contribution in [0.3, 0.4) is 0 Å². The Morgan fingerprint density at radius 2 is 0.562 bits per heavy atom. The van der Waals surface area contributed by atoms with E-state index in [-0.39, 0.29) is 12.3 Å². The van der Waals surface area contributed by atoms with E-state index in [1.54, 1.807) is 0 Å². The summed E-state index contributed by atoms with van der Waals surface area (Å²) >= 11 is 0. The van der Waals surface area contributed by atoms with Crippen LogP contribution in [0.5, 0.6) is 0 Å². The minimum absolute atomic E-state index is 0.0590. The van der Waals surface area contributed by atoms with E-state index in [1.165, 1.54) is 89.9 Å². The molecule has 0 unspecified atom stereocenters. The molecule has 0 bridgehead atoms. The van der Waals surface area contributed by atoms with Crippen molar-refractivity contribution < 1.29 is 28.7 Å². The first kappa shape index (κ1) is 34.5. The Morgan fingerprint density at radius 3 is 0.750 bits per heavy atom. The van der Waals surface area contributed by atoms with E-state index in [1.807, 2.05) is 0 Å². The largest absolute Gasteiger partial charge is 0.325 e. The van der Waals surface area contributed by atoms with Crippen molar-refractivity contribution in [3.63, 3.8) is 0 Å². The Morgan fingerprint density at radius 1 is 0.375 bits per heavy atom. The molecule has 4 N–H and O–H groups in total. The van der Waals surface area contributed by atoms with Gasteiger partial charge in [-0.25, -0.2) is 0 Å². The smallest absolute Gasteiger partial charge is 0.324 e. The molecule has 0 aromatic rings. The van der Waals surface area contributed by atoms with Gasteiger partial charge in [0.05, 0.1) is 0 Å². The molecule has 6 nitrogen and oxygen atoms in total. The van der Waals surface area contributed by atoms with E-state index < -0.39 is 15.2 Å². The summed E-state index contributed by atoms with van der Waals surface area (Å²) in [5.41, 5.74) is 0. The van der Waals surface area contributed by atoms with Crippen molar-refractivity contribution in [2.24, 2.45) is 0 Å². The summed E-state index contributed by atoms with van der Waals surface area (Å²) in [5.74, 6) is 0. The summed E-state index contributed by atoms with van der Waals surface area (Å²) in [6, 6.07) is 0. The molecular weight excluding hydrogens is 446 g/mol. The van der Waals surface area contributed by atoms with Crippen LogP contribution in [0.15, 0.2) is 0 Å². The Hall–Kier alpha value is 0.300. The first-order valence-electron chi connectivity index (χ1n) is 13.2. The summed E-state index contributed by atoms with van der Waals surface area (Å²) in [6.07, 6.45) is 23.9. The van der Waals surface area contributed by atoms with Gasteiger partial charge >= 0.3 is 15.2 Å². The van der Waals surface area contributed by atoms with Gasteiger partial charge in [0.2, 0.25) is 0 Å². The van der Waals surface area contributed by atoms with Crippen LogP contribution < -0.4 is 0 Å². The SMILES string of the molecule is CCCCCCCCCCCCP(=O)(O)O.CCCCCCCCCCCCP(=O)(O)O. The number of hydrogen-bond donors (Lipinski definition) is 4. The van der Waals surface area contributed by atoms with Crippen molar-refractivity contribution in [2.45, 2.75) is 142 Å². The second-order valence-electron chi connectivity index (χ2n) is 9.14. The highest BCUT2D eigenvalue weighted by Crippen LogP contribution is 2.36. The molecule has 32 heavy (non-hydrogen) atoms. The monoisotopic (exact) mass is 500 g/mol. The minimum atomic E-state index is -3.74. The summed E-state index contributed by atoms with van der Waals surface area (Å²) in [7, 11) is -7.48. The van der Waals surface area contributed by atoms with Gasteiger partial charge < -0.3 is 19.6 Å². The molecule has 0 aromatic carbocycles. The zero-order chi connectivity index (χ0) is 24.6. The zero-order valence-electron chi connectivity index (χ0n) is 21.1. The predicted molar refractivity (Wildman–Crippen MR) is 138 cm³/mol. The van der Waals surface area contributed by atoms with Crippen molar-refractivity contribution in [3.05, 3.63) is 0 Å². The van der Waals surface area contributed by atoms with E-state index in [4.69, 9.17) is 19.6 Å². The van der Waals surface area contributed by atoms with Gasteiger partial charge in [-0.3, -0.25) is 9.13 Å². The van der Waals surface area contributed by atoms with E-state index in [0.29, 0.717) is 12.8 Å². The fourth-order valence-electron chi connectivity index (χ4n) is 3.61. The third-order valence-corrected chi connectivity index (χ3v) is 7.40. The lowest BCUT2D eigenvalue weighted by atomic mass is 10.1. The number of unbranched alkanes of at least 4 members (excludes halogenated alkanes) is 18. The third kappa shape index (κ3) is 37.6. The van der Waals surface area contributed by atoms with Gasteiger partial charge in [-0.05, 0) is 12.8 Å². The van der Waals surface area contributed by atoms with Crippen molar-refractivity contribution in [3.8, 4) is 0 Å². The molecule has 0 fully saturated rings. The van der Waals surface area contributed by atoms with Crippen LogP contribution in [0, 0.1) is 0 Å². The standard InChI is InChI=1S/2C12H27O3P/c2*1-2-3-4-5-6-7-8-9-10-11-12-16(13,14)15/h2*2-12H2,1H3,(H2,13,14,15). The first-order valence-corrected chi connectivity index (χ1v) is 16.8. The van der Waals surface area contributed by atoms with Gasteiger partial charge in [0, 0.05) is 12.3 Å². The molecule has 0 aromatic heterocycles. The second kappa shape index (κ2) is 24.4. The van der Waals surface area contributed by atoms with Crippen molar-refractivity contribution in [1.82, 2.24) is 0 Å². The molecule has 0 atom stereocenters. The maximum absolute atomic E-state index is 10.6. The summed E-state index contributed by atoms with van der Waals surface area (Å²) < 4.78 is 21.1. The lowest BCUT2D eigenvalue weighted by Gasteiger charge is -2.03. The Bertz CT molecular complexity index is 419. The highest BCUT2D eigenvalue weighted by molar-refractivity contribution is 7.52. The van der Waals surface area contributed by atoms with Gasteiger partial charge in [0.1, 0.15) is 0 Å². The maximum atomic E-state index is 10.6. The zero-order valence-corrected chi connectivity index (χ0v) is 22.8. The fourth-order valence-corrected chi connectivity index (χ4v) is 4.88. The predicted octanol–water partition coefficient (Wildman–Crippen LogP) is 8.17. The normalized spacial score (nSPS) is 11.9. The van der Waals surface area contributed by atoms with Gasteiger partial charge in [0.15, 0.2) is 0 Å². The Kier molecular flexibility index (Phi) is 26.3. The average molecular weight is 501 g/mol. The van der Waals surface area contributed by atoms with E-state index in [9.17, 15) is 9.13 Å². The van der Waals surface area contributed by atoms with Crippen LogP contribution in [0.2, 0.25) is 0 Å². The van der Waals surface area contributed by atoms with Crippen molar-refractivity contribution in [1.29, 1.82) is 0 Å². The first-order chi connectivity index (χ1) is 15.1. The molecule has 0 saturated carbocycles. The van der Waals surface area contributed by atoms with E-state index >= 15 is 0 Å². The summed E-state index contributed by atoms with van der Waals surface area (Å²) in [4.78, 5) is 34.6. The van der Waals surface area contributed by atoms with Crippen LogP contribution in [0.1, 0.15) is 142 Å². The fraction of sp³-hybridized carbons (Fsp3) is 1.00. The van der Waals surface area contributed by atoms with Crippen LogP contribution >= 0.6 is 15.2 Å². The summed E-state index contributed by atoms with van der Waals surface area (Å²) in [5, 5.41) is 0. The van der Waals surface area contributed by atoms with Gasteiger partial charge in [-0.1, -0.05) is 129 Å². The molecule has 196 valence electrons. The van der Waals surface area contributed by atoms with Crippen LogP contribution in [0.4, 0.5) is 0 Å². The molecule has 8 heteroatoms. The highest BCUT2D eigenvalue weighted by atomic mass is 31.2. The third-order valence-electron chi connectivity index (χ3n) is 5.61. The van der Waals surface area contributed by atoms with Crippen LogP contribution in [-0.2, 0) is 9.13 Å². The number of rotatable bonds is 22. The van der Waals surface area contributed by atoms with Crippen molar-refractivity contribution >= 4 is 15.2 Å². The van der Waals surface area contributed by atoms with E-state index in [0.717, 1.165) is 25.7 Å². The van der Waals surface area contributed by atoms with Gasteiger partial charge in [-0.15, -0.1) is 0 Å². The lowest BCUT2D eigenvalue weighted by molar-refractivity contribution is 0.368. The minimum Gasteiger partial charge on any atom is -0.324 e. The van der Waals surface area contributed by atoms with E-state index in [2.05, 4.69) is 13.8 Å². The van der Waals surface area contributed by atoms with Crippen molar-refractivity contribution in [2.75, 3.05) is 12.3 Å². The molecule has 0 saturated heterocycles. The van der Waals surface area contributed by atoms with Gasteiger partial charge in [0.25, 0.3) is 0 Å². The van der Waals surface area contributed by atoms with Crippen LogP contribution in [-0.4, -0.2) is 31.9 Å². The van der Waals surface area contributed by atoms with Gasteiger partial charge in [-0.2, -0.15) is 0 Å². The molecule has 0 heterocycles.